The maximum Gasteiger partial charge on any atom is 0.188 e. The van der Waals surface area contributed by atoms with E-state index >= 15 is 0 Å². The summed E-state index contributed by atoms with van der Waals surface area (Å²) in [6.45, 7) is 1.49. The number of nitrogens with zero attached hydrogens (tertiary/aromatic N) is 1. The highest BCUT2D eigenvalue weighted by Gasteiger charge is 2.04. The molecule has 0 aliphatic rings. The largest absolute Gasteiger partial charge is 0.292 e. The number of rotatable bonds is 2. The number of hydrogen-bond donors (Lipinski definition) is 1. The Morgan fingerprint density at radius 1 is 1.90 bits per heavy atom. The van der Waals surface area contributed by atoms with Crippen LogP contribution >= 0.6 is 23.3 Å². The summed E-state index contributed by atoms with van der Waals surface area (Å²) in [4.78, 5) is 14.5. The van der Waals surface area contributed by atoms with Crippen molar-refractivity contribution in [2.45, 2.75) is 11.1 Å². The Morgan fingerprint density at radius 3 is 2.90 bits per heavy atom. The highest BCUT2D eigenvalue weighted by atomic mass is 32.2. The minimum absolute atomic E-state index is 0.00898. The fraction of sp³-hybridized carbons (Fsp3) is 0.200. The fourth-order valence-electron chi connectivity index (χ4n) is 0.477. The number of thiazole rings is 1. The molecular weight excluding hydrogens is 168 g/mol. The van der Waals surface area contributed by atoms with Crippen molar-refractivity contribution >= 4 is 29.1 Å². The predicted octanol–water partition coefficient (Wildman–Crippen LogP) is 1.31. The van der Waals surface area contributed by atoms with Crippen molar-refractivity contribution in [1.82, 2.24) is 4.98 Å². The monoisotopic (exact) mass is 174 g/mol. The van der Waals surface area contributed by atoms with Crippen LogP contribution in [-0.2, 0) is 0 Å². The van der Waals surface area contributed by atoms with E-state index in [9.17, 15) is 4.79 Å². The lowest BCUT2D eigenvalue weighted by Gasteiger charge is -1.81. The molecule has 0 unspecified atom stereocenters. The summed E-state index contributed by atoms with van der Waals surface area (Å²) in [5.74, 6) is -0.00898. The average Bonchev–Trinajstić information content (AvgIpc) is 2.34. The van der Waals surface area contributed by atoms with Crippen LogP contribution in [0.25, 0.3) is 0 Å². The standard InChI is InChI=1S/C5H6N2OS2/c1-3(8)5-7-2-4(9-5)10-6/h2H,6H2,1H3. The summed E-state index contributed by atoms with van der Waals surface area (Å²) in [6, 6.07) is 0. The van der Waals surface area contributed by atoms with Crippen LogP contribution in [0.15, 0.2) is 10.4 Å². The summed E-state index contributed by atoms with van der Waals surface area (Å²) < 4.78 is 0.866. The molecule has 0 amide bonds. The number of aromatic nitrogens is 1. The summed E-state index contributed by atoms with van der Waals surface area (Å²) in [6.07, 6.45) is 1.60. The summed E-state index contributed by atoms with van der Waals surface area (Å²) in [5, 5.41) is 5.76. The Hall–Kier alpha value is -0.390. The number of nitrogens with two attached hydrogens (primary N) is 1. The number of carbonyl (C=O) groups excluding carboxylic acids is 1. The first-order valence-electron chi connectivity index (χ1n) is 2.57. The first-order chi connectivity index (χ1) is 4.74. The number of carbonyl (C=O) groups is 1. The van der Waals surface area contributed by atoms with Crippen LogP contribution in [0.4, 0.5) is 0 Å². The first kappa shape index (κ1) is 7.71. The number of ketones is 1. The lowest BCUT2D eigenvalue weighted by molar-refractivity contribution is 0.101. The minimum Gasteiger partial charge on any atom is -0.292 e. The zero-order valence-corrected chi connectivity index (χ0v) is 6.96. The molecule has 10 heavy (non-hydrogen) atoms. The van der Waals surface area contributed by atoms with Gasteiger partial charge < -0.3 is 0 Å². The molecule has 3 nitrogen and oxygen atoms in total. The molecule has 5 heteroatoms. The highest BCUT2D eigenvalue weighted by molar-refractivity contribution is 7.99. The van der Waals surface area contributed by atoms with E-state index in [0.29, 0.717) is 5.01 Å². The third-order valence-electron chi connectivity index (χ3n) is 0.902. The van der Waals surface area contributed by atoms with Gasteiger partial charge in [-0.3, -0.25) is 9.93 Å². The molecule has 0 aliphatic carbocycles. The van der Waals surface area contributed by atoms with E-state index in [2.05, 4.69) is 4.98 Å². The third kappa shape index (κ3) is 1.56. The number of hydrogen-bond acceptors (Lipinski definition) is 5. The van der Waals surface area contributed by atoms with Crippen LogP contribution in [0.1, 0.15) is 16.7 Å². The Bertz CT molecular complexity index is 246. The van der Waals surface area contributed by atoms with Gasteiger partial charge in [0.15, 0.2) is 10.8 Å². The Labute approximate surface area is 66.8 Å². The molecule has 0 spiro atoms. The van der Waals surface area contributed by atoms with Crippen molar-refractivity contribution < 1.29 is 4.79 Å². The fourth-order valence-corrected chi connectivity index (χ4v) is 1.56. The molecule has 0 aromatic carbocycles. The van der Waals surface area contributed by atoms with Crippen LogP contribution in [0.5, 0.6) is 0 Å². The SMILES string of the molecule is CC(=O)c1ncc(SN)s1. The predicted molar refractivity (Wildman–Crippen MR) is 42.2 cm³/mol. The molecule has 2 N–H and O–H groups in total. The molecule has 1 aromatic rings. The molecule has 0 fully saturated rings. The van der Waals surface area contributed by atoms with Gasteiger partial charge in [-0.15, -0.1) is 11.3 Å². The molecule has 1 heterocycles. The van der Waals surface area contributed by atoms with Crippen LogP contribution in [0.3, 0.4) is 0 Å². The van der Waals surface area contributed by atoms with Crippen molar-refractivity contribution in [1.29, 1.82) is 0 Å². The van der Waals surface area contributed by atoms with Gasteiger partial charge in [0.2, 0.25) is 0 Å². The Morgan fingerprint density at radius 2 is 2.60 bits per heavy atom. The van der Waals surface area contributed by atoms with Gasteiger partial charge in [0.05, 0.1) is 10.4 Å². The van der Waals surface area contributed by atoms with Crippen LogP contribution in [0, 0.1) is 0 Å². The van der Waals surface area contributed by atoms with Gasteiger partial charge in [-0.1, -0.05) is 0 Å². The molecule has 0 saturated carbocycles. The molecule has 0 atom stereocenters. The van der Waals surface area contributed by atoms with E-state index < -0.39 is 0 Å². The quantitative estimate of drug-likeness (QED) is 0.542. The molecule has 0 saturated heterocycles. The Balaban J connectivity index is 2.88. The van der Waals surface area contributed by atoms with Crippen LogP contribution in [0.2, 0.25) is 0 Å². The molecule has 0 bridgehead atoms. The van der Waals surface area contributed by atoms with Crippen LogP contribution in [-0.4, -0.2) is 10.8 Å². The van der Waals surface area contributed by atoms with Gasteiger partial charge in [0.1, 0.15) is 0 Å². The summed E-state index contributed by atoms with van der Waals surface area (Å²) in [5.41, 5.74) is 0. The summed E-state index contributed by atoms with van der Waals surface area (Å²) in [7, 11) is 0. The van der Waals surface area contributed by atoms with Gasteiger partial charge in [-0.25, -0.2) is 4.98 Å². The molecule has 1 rings (SSSR count). The van der Waals surface area contributed by atoms with Crippen molar-refractivity contribution in [2.75, 3.05) is 0 Å². The van der Waals surface area contributed by atoms with Crippen LogP contribution < -0.4 is 5.14 Å². The van der Waals surface area contributed by atoms with Gasteiger partial charge >= 0.3 is 0 Å². The van der Waals surface area contributed by atoms with E-state index in [1.54, 1.807) is 6.20 Å². The van der Waals surface area contributed by atoms with Gasteiger partial charge in [0.25, 0.3) is 0 Å². The van der Waals surface area contributed by atoms with E-state index in [0.717, 1.165) is 16.2 Å². The lowest BCUT2D eigenvalue weighted by Crippen LogP contribution is -1.87. The van der Waals surface area contributed by atoms with Crippen molar-refractivity contribution in [2.24, 2.45) is 5.14 Å². The Kier molecular flexibility index (Phi) is 2.42. The second-order valence-corrected chi connectivity index (χ2v) is 3.62. The van der Waals surface area contributed by atoms with Gasteiger partial charge in [0, 0.05) is 6.92 Å². The van der Waals surface area contributed by atoms with E-state index in [-0.39, 0.29) is 5.78 Å². The van der Waals surface area contributed by atoms with Gasteiger partial charge in [-0.2, -0.15) is 0 Å². The molecule has 0 radical (unpaired) electrons. The number of Topliss-reactive ketones (excluding diaryl/α,β-unsaturated/α-hetero) is 1. The minimum atomic E-state index is -0.00898. The van der Waals surface area contributed by atoms with Crippen molar-refractivity contribution in [3.8, 4) is 0 Å². The summed E-state index contributed by atoms with van der Waals surface area (Å²) >= 11 is 2.43. The zero-order valence-electron chi connectivity index (χ0n) is 5.33. The normalized spacial score (nSPS) is 9.80. The highest BCUT2D eigenvalue weighted by Crippen LogP contribution is 2.20. The molecule has 54 valence electrons. The maximum atomic E-state index is 10.7. The van der Waals surface area contributed by atoms with E-state index in [1.165, 1.54) is 18.3 Å². The van der Waals surface area contributed by atoms with Crippen molar-refractivity contribution in [3.63, 3.8) is 0 Å². The van der Waals surface area contributed by atoms with E-state index in [4.69, 9.17) is 5.14 Å². The molecule has 0 aliphatic heterocycles. The first-order valence-corrected chi connectivity index (χ1v) is 4.27. The zero-order chi connectivity index (χ0) is 7.56. The average molecular weight is 174 g/mol. The smallest absolute Gasteiger partial charge is 0.188 e. The second-order valence-electron chi connectivity index (χ2n) is 1.66. The molecular formula is C5H6N2OS2. The maximum absolute atomic E-state index is 10.7. The molecule has 1 aromatic heterocycles. The van der Waals surface area contributed by atoms with Crippen molar-refractivity contribution in [3.05, 3.63) is 11.2 Å². The lowest BCUT2D eigenvalue weighted by atomic mass is 10.5. The van der Waals surface area contributed by atoms with Gasteiger partial charge in [-0.05, 0) is 11.9 Å². The topological polar surface area (TPSA) is 56.0 Å². The second kappa shape index (κ2) is 3.14. The van der Waals surface area contributed by atoms with E-state index in [1.807, 2.05) is 0 Å². The third-order valence-corrected chi connectivity index (χ3v) is 2.67.